The van der Waals surface area contributed by atoms with Crippen LogP contribution in [-0.4, -0.2) is 13.7 Å². The van der Waals surface area contributed by atoms with Gasteiger partial charge in [-0.2, -0.15) is 0 Å². The Morgan fingerprint density at radius 2 is 2.31 bits per heavy atom. The van der Waals surface area contributed by atoms with Crippen molar-refractivity contribution in [2.24, 2.45) is 0 Å². The fraction of sp³-hybridized carbons (Fsp3) is 0.333. The predicted molar refractivity (Wildman–Crippen MR) is 72.0 cm³/mol. The van der Waals surface area contributed by atoms with Gasteiger partial charge in [0.15, 0.2) is 0 Å². The van der Waals surface area contributed by atoms with Gasteiger partial charge in [-0.25, -0.2) is 0 Å². The first kappa shape index (κ1) is 13.6. The summed E-state index contributed by atoms with van der Waals surface area (Å²) in [5.41, 5.74) is 3.74. The monoisotopic (exact) mass is 303 g/mol. The third-order valence-electron chi connectivity index (χ3n) is 2.02. The molecule has 1 N–H and O–H groups in total. The van der Waals surface area contributed by atoms with Crippen molar-refractivity contribution in [1.82, 2.24) is 5.32 Å². The average molecular weight is 305 g/mol. The molecule has 88 valence electrons. The molecule has 4 heteroatoms. The Morgan fingerprint density at radius 1 is 1.56 bits per heavy atom. The zero-order chi connectivity index (χ0) is 12.0. The van der Waals surface area contributed by atoms with Crippen molar-refractivity contribution in [3.8, 4) is 5.75 Å². The smallest absolute Gasteiger partial charge is 0.133 e. The van der Waals surface area contributed by atoms with Gasteiger partial charge in [0.25, 0.3) is 0 Å². The molecule has 0 saturated carbocycles. The van der Waals surface area contributed by atoms with Gasteiger partial charge in [0.05, 0.1) is 4.47 Å². The number of halogens is 2. The van der Waals surface area contributed by atoms with E-state index in [4.69, 9.17) is 16.3 Å². The highest BCUT2D eigenvalue weighted by Gasteiger charge is 2.02. The summed E-state index contributed by atoms with van der Waals surface area (Å²) in [5.74, 6) is 0.831. The van der Waals surface area contributed by atoms with E-state index in [1.54, 1.807) is 0 Å². The maximum Gasteiger partial charge on any atom is 0.133 e. The quantitative estimate of drug-likeness (QED) is 0.896. The van der Waals surface area contributed by atoms with Gasteiger partial charge < -0.3 is 10.1 Å². The molecule has 0 aromatic heterocycles. The summed E-state index contributed by atoms with van der Waals surface area (Å²) in [6.45, 7) is 3.28. The van der Waals surface area contributed by atoms with Crippen LogP contribution in [0.25, 0.3) is 0 Å². The lowest BCUT2D eigenvalue weighted by Gasteiger charge is -2.09. The number of ether oxygens (including phenoxy) is 1. The second-order valence-electron chi connectivity index (χ2n) is 3.54. The molecule has 16 heavy (non-hydrogen) atoms. The van der Waals surface area contributed by atoms with Crippen molar-refractivity contribution < 1.29 is 4.74 Å². The minimum Gasteiger partial charge on any atom is -0.488 e. The van der Waals surface area contributed by atoms with Crippen LogP contribution in [0.5, 0.6) is 5.75 Å². The van der Waals surface area contributed by atoms with E-state index in [0.717, 1.165) is 22.3 Å². The van der Waals surface area contributed by atoms with Crippen LogP contribution < -0.4 is 10.1 Å². The van der Waals surface area contributed by atoms with Crippen molar-refractivity contribution in [2.45, 2.75) is 13.5 Å². The number of rotatable bonds is 5. The van der Waals surface area contributed by atoms with E-state index in [9.17, 15) is 0 Å². The fourth-order valence-corrected chi connectivity index (χ4v) is 1.80. The molecule has 0 amide bonds. The Labute approximate surface area is 110 Å². The lowest BCUT2D eigenvalue weighted by Crippen LogP contribution is -2.05. The summed E-state index contributed by atoms with van der Waals surface area (Å²) in [6.07, 6.45) is 0. The molecule has 2 nitrogen and oxygen atoms in total. The van der Waals surface area contributed by atoms with Crippen molar-refractivity contribution in [2.75, 3.05) is 13.7 Å². The zero-order valence-corrected chi connectivity index (χ0v) is 11.7. The predicted octanol–water partition coefficient (Wildman–Crippen LogP) is 3.69. The third kappa shape index (κ3) is 4.16. The molecule has 0 radical (unpaired) electrons. The van der Waals surface area contributed by atoms with Gasteiger partial charge in [-0.3, -0.25) is 0 Å². The highest BCUT2D eigenvalue weighted by atomic mass is 79.9. The van der Waals surface area contributed by atoms with E-state index in [1.165, 1.54) is 11.1 Å². The molecular weight excluding hydrogens is 289 g/mol. The summed E-state index contributed by atoms with van der Waals surface area (Å²) in [5, 5.41) is 3.10. The number of benzene rings is 1. The van der Waals surface area contributed by atoms with Gasteiger partial charge in [0.2, 0.25) is 0 Å². The first-order valence-electron chi connectivity index (χ1n) is 4.99. The van der Waals surface area contributed by atoms with Crippen LogP contribution in [0, 0.1) is 0 Å². The van der Waals surface area contributed by atoms with Crippen molar-refractivity contribution in [3.05, 3.63) is 39.3 Å². The van der Waals surface area contributed by atoms with Crippen LogP contribution in [0.2, 0.25) is 0 Å². The Kier molecular flexibility index (Phi) is 5.88. The summed E-state index contributed by atoms with van der Waals surface area (Å²) in [6, 6.07) is 6.04. The third-order valence-corrected chi connectivity index (χ3v) is 3.01. The van der Waals surface area contributed by atoms with Gasteiger partial charge in [0, 0.05) is 12.1 Å². The van der Waals surface area contributed by atoms with Crippen LogP contribution in [-0.2, 0) is 6.54 Å². The molecule has 0 bridgehead atoms. The van der Waals surface area contributed by atoms with Crippen LogP contribution in [0.1, 0.15) is 12.5 Å². The molecule has 0 aliphatic carbocycles. The largest absolute Gasteiger partial charge is 0.488 e. The molecule has 0 unspecified atom stereocenters. The molecule has 0 spiro atoms. The van der Waals surface area contributed by atoms with Crippen molar-refractivity contribution >= 4 is 27.5 Å². The topological polar surface area (TPSA) is 21.3 Å². The van der Waals surface area contributed by atoms with E-state index in [-0.39, 0.29) is 0 Å². The first-order valence-corrected chi connectivity index (χ1v) is 6.22. The van der Waals surface area contributed by atoms with Crippen LogP contribution in [0.3, 0.4) is 0 Å². The maximum atomic E-state index is 5.60. The minimum atomic E-state index is 0.507. The molecule has 1 aromatic rings. The standard InChI is InChI=1S/C12H15BrClNO/c1-9(6-14)8-16-12-4-3-10(7-15-2)5-11(12)13/h3-6,15H,7-8H2,1-2H3/b9-6+. The van der Waals surface area contributed by atoms with E-state index < -0.39 is 0 Å². The van der Waals surface area contributed by atoms with E-state index >= 15 is 0 Å². The van der Waals surface area contributed by atoms with Gasteiger partial charge in [0.1, 0.15) is 12.4 Å². The second kappa shape index (κ2) is 6.94. The highest BCUT2D eigenvalue weighted by molar-refractivity contribution is 9.10. The number of nitrogens with one attached hydrogen (secondary N) is 1. The Balaban J connectivity index is 2.67. The van der Waals surface area contributed by atoms with Crippen LogP contribution in [0.4, 0.5) is 0 Å². The molecule has 0 aliphatic heterocycles. The van der Waals surface area contributed by atoms with Gasteiger partial charge in [-0.15, -0.1) is 0 Å². The average Bonchev–Trinajstić information content (AvgIpc) is 2.28. The number of hydrogen-bond donors (Lipinski definition) is 1. The van der Waals surface area contributed by atoms with Gasteiger partial charge in [-0.1, -0.05) is 17.7 Å². The molecule has 0 fully saturated rings. The van der Waals surface area contributed by atoms with Gasteiger partial charge in [-0.05, 0) is 53.2 Å². The summed E-state index contributed by atoms with van der Waals surface area (Å²) < 4.78 is 6.56. The van der Waals surface area contributed by atoms with Crippen LogP contribution >= 0.6 is 27.5 Å². The van der Waals surface area contributed by atoms with E-state index in [0.29, 0.717) is 6.61 Å². The number of hydrogen-bond acceptors (Lipinski definition) is 2. The summed E-state index contributed by atoms with van der Waals surface area (Å²) in [4.78, 5) is 0. The Hall–Kier alpha value is -0.510. The second-order valence-corrected chi connectivity index (χ2v) is 4.61. The normalized spacial score (nSPS) is 11.6. The van der Waals surface area contributed by atoms with Crippen LogP contribution in [0.15, 0.2) is 33.8 Å². The molecule has 0 atom stereocenters. The van der Waals surface area contributed by atoms with E-state index in [1.807, 2.05) is 32.2 Å². The Morgan fingerprint density at radius 3 is 2.88 bits per heavy atom. The highest BCUT2D eigenvalue weighted by Crippen LogP contribution is 2.26. The summed E-state index contributed by atoms with van der Waals surface area (Å²) in [7, 11) is 1.92. The first-order chi connectivity index (χ1) is 7.67. The Bertz CT molecular complexity index is 379. The SMILES string of the molecule is CNCc1ccc(OC/C(C)=C/Cl)c(Br)c1. The lowest BCUT2D eigenvalue weighted by atomic mass is 10.2. The minimum absolute atomic E-state index is 0.507. The molecule has 0 saturated heterocycles. The molecule has 0 heterocycles. The maximum absolute atomic E-state index is 5.60. The fourth-order valence-electron chi connectivity index (χ4n) is 1.20. The van der Waals surface area contributed by atoms with Gasteiger partial charge >= 0.3 is 0 Å². The molecule has 0 aliphatic rings. The molecule has 1 rings (SSSR count). The summed E-state index contributed by atoms with van der Waals surface area (Å²) >= 11 is 9.05. The lowest BCUT2D eigenvalue weighted by molar-refractivity contribution is 0.350. The molecule has 1 aromatic carbocycles. The van der Waals surface area contributed by atoms with Crippen molar-refractivity contribution in [3.63, 3.8) is 0 Å². The zero-order valence-electron chi connectivity index (χ0n) is 9.39. The van der Waals surface area contributed by atoms with Crippen molar-refractivity contribution in [1.29, 1.82) is 0 Å². The van der Waals surface area contributed by atoms with E-state index in [2.05, 4.69) is 21.2 Å². The molecular formula is C12H15BrClNO.